The van der Waals surface area contributed by atoms with Crippen LogP contribution in [0.1, 0.15) is 18.1 Å². The van der Waals surface area contributed by atoms with Gasteiger partial charge in [0.05, 0.1) is 23.1 Å². The summed E-state index contributed by atoms with van der Waals surface area (Å²) in [5, 5.41) is 0.605. The van der Waals surface area contributed by atoms with Gasteiger partial charge < -0.3 is 9.47 Å². The monoisotopic (exact) mass is 463 g/mol. The van der Waals surface area contributed by atoms with Gasteiger partial charge >= 0.3 is 0 Å². The first-order valence-corrected chi connectivity index (χ1v) is 10.7. The Balaban J connectivity index is 1.85. The summed E-state index contributed by atoms with van der Waals surface area (Å²) >= 11 is 13.1. The van der Waals surface area contributed by atoms with Gasteiger partial charge in [0.1, 0.15) is 6.61 Å². The third-order valence-corrected chi connectivity index (χ3v) is 5.54. The molecule has 2 amide bonds. The third kappa shape index (κ3) is 5.19. The van der Waals surface area contributed by atoms with E-state index in [0.29, 0.717) is 38.6 Å². The van der Waals surface area contributed by atoms with Crippen molar-refractivity contribution in [3.05, 3.63) is 75.1 Å². The maximum atomic E-state index is 12.8. The number of ether oxygens (including phenoxy) is 2. The minimum absolute atomic E-state index is 0.179. The highest BCUT2D eigenvalue weighted by atomic mass is 35.5. The molecule has 3 rings (SSSR count). The second-order valence-electron chi connectivity index (χ2n) is 6.26. The van der Waals surface area contributed by atoms with Gasteiger partial charge in [-0.25, -0.2) is 0 Å². The molecule has 2 aromatic carbocycles. The van der Waals surface area contributed by atoms with E-state index in [0.717, 1.165) is 17.3 Å². The summed E-state index contributed by atoms with van der Waals surface area (Å²) in [7, 11) is 0. The first kappa shape index (κ1) is 22.3. The van der Waals surface area contributed by atoms with E-state index in [-0.39, 0.29) is 24.3 Å². The fraction of sp³-hybridized carbons (Fsp3) is 0.182. The highest BCUT2D eigenvalue weighted by Gasteiger charge is 2.35. The van der Waals surface area contributed by atoms with Gasteiger partial charge in [0.2, 0.25) is 0 Å². The lowest BCUT2D eigenvalue weighted by atomic mass is 10.1. The molecule has 0 aromatic heterocycles. The molecule has 2 aromatic rings. The van der Waals surface area contributed by atoms with Crippen molar-refractivity contribution in [2.45, 2.75) is 13.5 Å². The molecular formula is C22H19Cl2NO4S. The van der Waals surface area contributed by atoms with Crippen LogP contribution in [0, 0.1) is 0 Å². The quantitative estimate of drug-likeness (QED) is 0.344. The number of rotatable bonds is 8. The van der Waals surface area contributed by atoms with Gasteiger partial charge in [0.15, 0.2) is 11.5 Å². The van der Waals surface area contributed by atoms with E-state index in [1.165, 1.54) is 4.90 Å². The molecule has 1 fully saturated rings. The molecule has 30 heavy (non-hydrogen) atoms. The average Bonchev–Trinajstić information content (AvgIpc) is 2.96. The minimum atomic E-state index is -0.360. The molecule has 0 spiro atoms. The van der Waals surface area contributed by atoms with E-state index < -0.39 is 0 Å². The SMILES string of the molecule is C=CCOc1c(Cl)cc(C=C2SC(=O)N(Cc3ccc(Cl)cc3)C2=O)cc1OCC. The molecule has 1 saturated heterocycles. The van der Waals surface area contributed by atoms with Crippen molar-refractivity contribution in [1.82, 2.24) is 4.90 Å². The maximum absolute atomic E-state index is 12.8. The maximum Gasteiger partial charge on any atom is 0.293 e. The molecule has 0 bridgehead atoms. The van der Waals surface area contributed by atoms with E-state index >= 15 is 0 Å². The van der Waals surface area contributed by atoms with Crippen LogP contribution in [0.25, 0.3) is 6.08 Å². The fourth-order valence-electron chi connectivity index (χ4n) is 2.78. The zero-order valence-corrected chi connectivity index (χ0v) is 18.5. The Kier molecular flexibility index (Phi) is 7.48. The lowest BCUT2D eigenvalue weighted by Gasteiger charge is -2.14. The second-order valence-corrected chi connectivity index (χ2v) is 8.09. The van der Waals surface area contributed by atoms with Crippen LogP contribution in [-0.4, -0.2) is 29.3 Å². The number of thioether (sulfide) groups is 1. The van der Waals surface area contributed by atoms with E-state index in [9.17, 15) is 9.59 Å². The predicted molar refractivity (Wildman–Crippen MR) is 121 cm³/mol. The van der Waals surface area contributed by atoms with Gasteiger partial charge in [0.25, 0.3) is 11.1 Å². The predicted octanol–water partition coefficient (Wildman–Crippen LogP) is 6.19. The van der Waals surface area contributed by atoms with Gasteiger partial charge in [-0.15, -0.1) is 0 Å². The molecule has 8 heteroatoms. The Labute approximate surface area is 189 Å². The summed E-state index contributed by atoms with van der Waals surface area (Å²) in [4.78, 5) is 26.7. The fourth-order valence-corrected chi connectivity index (χ4v) is 4.01. The molecule has 0 N–H and O–H groups in total. The van der Waals surface area contributed by atoms with Gasteiger partial charge in [-0.3, -0.25) is 14.5 Å². The topological polar surface area (TPSA) is 55.8 Å². The van der Waals surface area contributed by atoms with Crippen molar-refractivity contribution in [3.8, 4) is 11.5 Å². The van der Waals surface area contributed by atoms with Crippen molar-refractivity contribution < 1.29 is 19.1 Å². The van der Waals surface area contributed by atoms with Crippen molar-refractivity contribution >= 4 is 52.2 Å². The molecule has 0 aliphatic carbocycles. The number of hydrogen-bond acceptors (Lipinski definition) is 5. The number of imide groups is 1. The van der Waals surface area contributed by atoms with Gasteiger partial charge in [-0.05, 0) is 60.2 Å². The van der Waals surface area contributed by atoms with Crippen LogP contribution in [0.2, 0.25) is 10.0 Å². The van der Waals surface area contributed by atoms with Crippen molar-refractivity contribution in [1.29, 1.82) is 0 Å². The largest absolute Gasteiger partial charge is 0.490 e. The number of carbonyl (C=O) groups is 2. The van der Waals surface area contributed by atoms with E-state index in [1.54, 1.807) is 48.6 Å². The number of carbonyl (C=O) groups excluding carboxylic acids is 2. The van der Waals surface area contributed by atoms with Crippen LogP contribution in [0.4, 0.5) is 4.79 Å². The highest BCUT2D eigenvalue weighted by Crippen LogP contribution is 2.39. The van der Waals surface area contributed by atoms with Crippen LogP contribution in [-0.2, 0) is 11.3 Å². The average molecular weight is 464 g/mol. The van der Waals surface area contributed by atoms with Gasteiger partial charge in [-0.1, -0.05) is 48.0 Å². The summed E-state index contributed by atoms with van der Waals surface area (Å²) in [6.45, 7) is 6.35. The van der Waals surface area contributed by atoms with Crippen LogP contribution in [0.15, 0.2) is 54.0 Å². The third-order valence-electron chi connectivity index (χ3n) is 4.10. The lowest BCUT2D eigenvalue weighted by molar-refractivity contribution is -0.123. The minimum Gasteiger partial charge on any atom is -0.490 e. The summed E-state index contributed by atoms with van der Waals surface area (Å²) in [6, 6.07) is 10.4. The molecular weight excluding hydrogens is 445 g/mol. The normalized spacial score (nSPS) is 15.0. The van der Waals surface area contributed by atoms with Crippen LogP contribution >= 0.6 is 35.0 Å². The van der Waals surface area contributed by atoms with E-state index in [2.05, 4.69) is 6.58 Å². The lowest BCUT2D eigenvalue weighted by Crippen LogP contribution is -2.27. The van der Waals surface area contributed by atoms with Crippen molar-refractivity contribution in [2.24, 2.45) is 0 Å². The molecule has 0 unspecified atom stereocenters. The van der Waals surface area contributed by atoms with Gasteiger partial charge in [0, 0.05) is 5.02 Å². The second kappa shape index (κ2) is 10.1. The zero-order valence-electron chi connectivity index (χ0n) is 16.2. The number of hydrogen-bond donors (Lipinski definition) is 0. The first-order valence-electron chi connectivity index (χ1n) is 9.12. The summed E-state index contributed by atoms with van der Waals surface area (Å²) < 4.78 is 11.2. The molecule has 1 aliphatic rings. The van der Waals surface area contributed by atoms with Crippen LogP contribution in [0.5, 0.6) is 11.5 Å². The Morgan fingerprint density at radius 2 is 1.87 bits per heavy atom. The molecule has 156 valence electrons. The Morgan fingerprint density at radius 3 is 2.53 bits per heavy atom. The molecule has 5 nitrogen and oxygen atoms in total. The van der Waals surface area contributed by atoms with Crippen LogP contribution < -0.4 is 9.47 Å². The van der Waals surface area contributed by atoms with Crippen LogP contribution in [0.3, 0.4) is 0 Å². The number of benzene rings is 2. The number of halogens is 2. The smallest absolute Gasteiger partial charge is 0.293 e. The Bertz CT molecular complexity index is 1000. The summed E-state index contributed by atoms with van der Waals surface area (Å²) in [5.41, 5.74) is 1.44. The summed E-state index contributed by atoms with van der Waals surface area (Å²) in [6.07, 6.45) is 3.23. The van der Waals surface area contributed by atoms with Gasteiger partial charge in [-0.2, -0.15) is 0 Å². The molecule has 1 heterocycles. The van der Waals surface area contributed by atoms with E-state index in [4.69, 9.17) is 32.7 Å². The van der Waals surface area contributed by atoms with E-state index in [1.807, 2.05) is 6.92 Å². The standard InChI is InChI=1S/C22H19Cl2NO4S/c1-3-9-29-20-17(24)10-15(11-18(20)28-4-2)12-19-21(26)25(22(27)30-19)13-14-5-7-16(23)8-6-14/h3,5-8,10-12H,1,4,9,13H2,2H3. The van der Waals surface area contributed by atoms with Crippen molar-refractivity contribution in [2.75, 3.05) is 13.2 Å². The van der Waals surface area contributed by atoms with Crippen molar-refractivity contribution in [3.63, 3.8) is 0 Å². The highest BCUT2D eigenvalue weighted by molar-refractivity contribution is 8.18. The molecule has 0 saturated carbocycles. The first-order chi connectivity index (χ1) is 14.4. The number of nitrogens with zero attached hydrogens (tertiary/aromatic N) is 1. The number of amides is 2. The molecule has 0 atom stereocenters. The summed E-state index contributed by atoms with van der Waals surface area (Å²) in [5.74, 6) is 0.505. The Hall–Kier alpha value is -2.41. The molecule has 1 aliphatic heterocycles. The zero-order chi connectivity index (χ0) is 21.7. The molecule has 0 radical (unpaired) electrons. The Morgan fingerprint density at radius 1 is 1.13 bits per heavy atom.